The van der Waals surface area contributed by atoms with Crippen LogP contribution in [0.2, 0.25) is 0 Å². The van der Waals surface area contributed by atoms with Crippen LogP contribution in [0.15, 0.2) is 79.0 Å². The second kappa shape index (κ2) is 17.9. The molecule has 0 radical (unpaired) electrons. The minimum atomic E-state index is 0.759. The molecule has 0 aliphatic carbocycles. The van der Waals surface area contributed by atoms with Crippen LogP contribution in [0.1, 0.15) is 53.5 Å². The number of fused-ring (bicyclic) bond motifs is 2. The first kappa shape index (κ1) is 28.1. The molecular weight excluding hydrogens is 557 g/mol. The summed E-state index contributed by atoms with van der Waals surface area (Å²) in [5.41, 5.74) is 3.88. The average Bonchev–Trinajstić information content (AvgIpc) is 2.83. The topological polar surface area (TPSA) is 27.4 Å². The number of anilines is 1. The Hall–Kier alpha value is -1.87. The molecule has 1 aromatic heterocycles. The third-order valence-corrected chi connectivity index (χ3v) is 6.78. The first-order chi connectivity index (χ1) is 14.7. The summed E-state index contributed by atoms with van der Waals surface area (Å²) in [7, 11) is 0. The van der Waals surface area contributed by atoms with Crippen LogP contribution in [-0.2, 0) is 32.8 Å². The number of rotatable bonds is 0. The van der Waals surface area contributed by atoms with E-state index in [0.717, 1.165) is 42.1 Å². The number of aryl methyl sites for hydroxylation is 1. The van der Waals surface area contributed by atoms with E-state index in [-0.39, 0.29) is 0 Å². The van der Waals surface area contributed by atoms with Crippen molar-refractivity contribution in [2.24, 2.45) is 0 Å². The van der Waals surface area contributed by atoms with E-state index < -0.39 is 0 Å². The van der Waals surface area contributed by atoms with Crippen LogP contribution in [0.25, 0.3) is 10.9 Å². The van der Waals surface area contributed by atoms with E-state index in [0.29, 0.717) is 0 Å². The van der Waals surface area contributed by atoms with Gasteiger partial charge in [0.25, 0.3) is 5.52 Å². The zero-order chi connectivity index (χ0) is 22.8. The van der Waals surface area contributed by atoms with E-state index in [1.807, 2.05) is 90.1 Å². The van der Waals surface area contributed by atoms with Gasteiger partial charge in [-0.25, -0.2) is 0 Å². The van der Waals surface area contributed by atoms with Crippen molar-refractivity contribution >= 4 is 16.6 Å². The SMILES string of the molecule is C/C=C/C.CC.CC.O[n+]1cccc2ccccc21.[Hg][N]1CCCc2ccccc21. The molecule has 0 unspecified atom stereocenters. The molecule has 3 nitrogen and oxygen atoms in total. The fourth-order valence-corrected chi connectivity index (χ4v) is 4.83. The molecule has 0 fully saturated rings. The third-order valence-electron chi connectivity index (χ3n) is 4.23. The molecular formula is C26H38HgN2O+. The van der Waals surface area contributed by atoms with Crippen LogP contribution in [0.3, 0.4) is 0 Å². The number of hydrogen-bond acceptors (Lipinski definition) is 2. The van der Waals surface area contributed by atoms with Gasteiger partial charge in [-0.2, -0.15) is 0 Å². The van der Waals surface area contributed by atoms with Crippen LogP contribution in [0.4, 0.5) is 5.69 Å². The number of pyridine rings is 1. The van der Waals surface area contributed by atoms with Gasteiger partial charge in [0, 0.05) is 16.9 Å². The molecule has 1 N–H and O–H groups in total. The molecule has 4 heteroatoms. The van der Waals surface area contributed by atoms with Gasteiger partial charge in [0.2, 0.25) is 6.20 Å². The Morgan fingerprint density at radius 3 is 2.03 bits per heavy atom. The zero-order valence-electron chi connectivity index (χ0n) is 19.7. The summed E-state index contributed by atoms with van der Waals surface area (Å²) in [5.74, 6) is 0. The van der Waals surface area contributed by atoms with E-state index in [1.54, 1.807) is 11.8 Å². The van der Waals surface area contributed by atoms with Gasteiger partial charge >= 0.3 is 84.0 Å². The maximum atomic E-state index is 9.29. The van der Waals surface area contributed by atoms with Gasteiger partial charge < -0.3 is 0 Å². The summed E-state index contributed by atoms with van der Waals surface area (Å²) < 4.78 is 3.65. The van der Waals surface area contributed by atoms with Crippen molar-refractivity contribution in [3.63, 3.8) is 0 Å². The first-order valence-electron chi connectivity index (χ1n) is 11.0. The zero-order valence-corrected chi connectivity index (χ0v) is 25.2. The monoisotopic (exact) mass is 596 g/mol. The molecule has 0 atom stereocenters. The van der Waals surface area contributed by atoms with Crippen molar-refractivity contribution in [3.8, 4) is 0 Å². The van der Waals surface area contributed by atoms with E-state index in [9.17, 15) is 5.21 Å². The van der Waals surface area contributed by atoms with Crippen molar-refractivity contribution in [1.82, 2.24) is 0 Å². The van der Waals surface area contributed by atoms with Crippen molar-refractivity contribution in [3.05, 3.63) is 84.6 Å². The molecule has 0 amide bonds. The molecule has 30 heavy (non-hydrogen) atoms. The standard InChI is InChI=1S/C9H8NO.C9H10N.C4H8.2C2H6.Hg/c11-10-7-3-5-8-4-1-2-6-9(8)10;1-2-6-9-8(4-1)5-3-7-10-9;1-3-4-2;2*1-2;/h1-7,11H;1-2,4,6H,3,5,7H2;3-4H,1-2H3;2*1-2H3;/q+1;-1;;;;+1/b;;4-3+;;;. The molecule has 1 aliphatic rings. The van der Waals surface area contributed by atoms with Crippen molar-refractivity contribution in [2.75, 3.05) is 9.21 Å². The number of aromatic nitrogens is 1. The predicted octanol–water partition coefficient (Wildman–Crippen LogP) is 6.90. The van der Waals surface area contributed by atoms with Gasteiger partial charge in [0.05, 0.1) is 5.39 Å². The number of nitrogens with zero attached hydrogens (tertiary/aromatic N) is 2. The van der Waals surface area contributed by atoms with E-state index >= 15 is 0 Å². The van der Waals surface area contributed by atoms with Gasteiger partial charge in [0.1, 0.15) is 0 Å². The summed E-state index contributed by atoms with van der Waals surface area (Å²) in [6, 6.07) is 20.2. The Bertz CT molecular complexity index is 840. The fraction of sp³-hybridized carbons (Fsp3) is 0.346. The van der Waals surface area contributed by atoms with E-state index in [2.05, 4.69) is 26.9 Å². The Labute approximate surface area is 200 Å². The number of para-hydroxylation sites is 2. The van der Waals surface area contributed by atoms with Gasteiger partial charge in [-0.05, 0) is 26.0 Å². The molecule has 0 bridgehead atoms. The Balaban J connectivity index is 0.000000420. The molecule has 159 valence electrons. The second-order valence-corrected chi connectivity index (χ2v) is 9.04. The van der Waals surface area contributed by atoms with Crippen molar-refractivity contribution in [1.29, 1.82) is 0 Å². The summed E-state index contributed by atoms with van der Waals surface area (Å²) in [4.78, 5) is 0. The van der Waals surface area contributed by atoms with Crippen LogP contribution in [0, 0.1) is 0 Å². The third kappa shape index (κ3) is 9.75. The van der Waals surface area contributed by atoms with Gasteiger partial charge in [-0.15, -0.1) is 0 Å². The molecule has 2 aromatic carbocycles. The number of allylic oxidation sites excluding steroid dienone is 2. The fourth-order valence-electron chi connectivity index (χ4n) is 2.76. The molecule has 0 saturated heterocycles. The van der Waals surface area contributed by atoms with Crippen LogP contribution >= 0.6 is 0 Å². The number of hydrogen-bond donors (Lipinski definition) is 1. The van der Waals surface area contributed by atoms with Crippen molar-refractivity contribution < 1.29 is 36.4 Å². The van der Waals surface area contributed by atoms with Gasteiger partial charge in [-0.3, -0.25) is 5.21 Å². The predicted molar refractivity (Wildman–Crippen MR) is 127 cm³/mol. The van der Waals surface area contributed by atoms with E-state index in [4.69, 9.17) is 0 Å². The molecule has 0 spiro atoms. The maximum absolute atomic E-state index is 9.29. The van der Waals surface area contributed by atoms with E-state index in [1.165, 1.54) is 25.1 Å². The normalized spacial score (nSPS) is 11.4. The van der Waals surface area contributed by atoms with Crippen LogP contribution < -0.4 is 7.39 Å². The Kier molecular flexibility index (Phi) is 16.8. The Morgan fingerprint density at radius 1 is 0.867 bits per heavy atom. The quantitative estimate of drug-likeness (QED) is 0.133. The van der Waals surface area contributed by atoms with Gasteiger partial charge in [0.15, 0.2) is 0 Å². The second-order valence-electron chi connectivity index (χ2n) is 6.07. The first-order valence-corrected chi connectivity index (χ1v) is 13.4. The summed E-state index contributed by atoms with van der Waals surface area (Å²) in [5, 5.41) is 10.3. The van der Waals surface area contributed by atoms with Crippen LogP contribution in [-0.4, -0.2) is 11.8 Å². The molecule has 0 saturated carbocycles. The number of benzene rings is 2. The summed E-state index contributed by atoms with van der Waals surface area (Å²) in [6.45, 7) is 13.3. The van der Waals surface area contributed by atoms with Gasteiger partial charge in [-0.1, -0.05) is 52.0 Å². The molecule has 2 heterocycles. The minimum absolute atomic E-state index is 0.759. The molecule has 4 rings (SSSR count). The molecule has 1 aliphatic heterocycles. The summed E-state index contributed by atoms with van der Waals surface area (Å²) in [6.07, 6.45) is 8.24. The summed E-state index contributed by atoms with van der Waals surface area (Å²) >= 11 is 0.759. The van der Waals surface area contributed by atoms with Crippen LogP contribution in [0.5, 0.6) is 0 Å². The average molecular weight is 595 g/mol. The van der Waals surface area contributed by atoms with Crippen molar-refractivity contribution in [2.45, 2.75) is 54.4 Å². The Morgan fingerprint density at radius 2 is 1.43 bits per heavy atom. The molecule has 3 aromatic rings.